The van der Waals surface area contributed by atoms with Gasteiger partial charge in [0.05, 0.1) is 19.2 Å². The second-order valence-electron chi connectivity index (χ2n) is 6.88. The molecular weight excluding hydrogens is 451 g/mol. The standard InChI is InChI=1S/C22H21F5N2O4/c1-12-6-5-7-15(20(29-32-4)21(30)31-3)17(12)11-33-28-13(2)16-9-19(24)18(23)8-14(16)10-22(25,26)27/h5-9H,10-11H2,1-4H3/b28-13+,29-20+. The van der Waals surface area contributed by atoms with E-state index in [-0.39, 0.29) is 23.6 Å². The highest BCUT2D eigenvalue weighted by molar-refractivity contribution is 6.43. The van der Waals surface area contributed by atoms with Crippen LogP contribution in [0.25, 0.3) is 0 Å². The summed E-state index contributed by atoms with van der Waals surface area (Å²) in [6, 6.07) is 6.10. The Bertz CT molecular complexity index is 1080. The van der Waals surface area contributed by atoms with Gasteiger partial charge in [0.25, 0.3) is 0 Å². The topological polar surface area (TPSA) is 69.5 Å². The Morgan fingerprint density at radius 1 is 1.03 bits per heavy atom. The number of halogens is 5. The number of benzene rings is 2. The van der Waals surface area contributed by atoms with Gasteiger partial charge >= 0.3 is 12.1 Å². The van der Waals surface area contributed by atoms with Crippen molar-refractivity contribution in [2.75, 3.05) is 14.2 Å². The van der Waals surface area contributed by atoms with Crippen LogP contribution < -0.4 is 0 Å². The lowest BCUT2D eigenvalue weighted by Crippen LogP contribution is -2.20. The van der Waals surface area contributed by atoms with Gasteiger partial charge in [0, 0.05) is 16.7 Å². The fraction of sp³-hybridized carbons (Fsp3) is 0.318. The molecule has 0 N–H and O–H groups in total. The van der Waals surface area contributed by atoms with E-state index in [0.717, 1.165) is 0 Å². The molecule has 0 atom stereocenters. The first-order chi connectivity index (χ1) is 15.5. The molecule has 2 rings (SSSR count). The molecule has 178 valence electrons. The lowest BCUT2D eigenvalue weighted by molar-refractivity contribution is -0.132. The minimum Gasteiger partial charge on any atom is -0.464 e. The molecule has 2 aromatic carbocycles. The van der Waals surface area contributed by atoms with Gasteiger partial charge in [-0.2, -0.15) is 13.2 Å². The quantitative estimate of drug-likeness (QED) is 0.239. The molecule has 33 heavy (non-hydrogen) atoms. The minimum absolute atomic E-state index is 0.0953. The molecule has 0 aliphatic rings. The zero-order valence-electron chi connectivity index (χ0n) is 18.2. The van der Waals surface area contributed by atoms with Gasteiger partial charge in [0.1, 0.15) is 13.7 Å². The van der Waals surface area contributed by atoms with Crippen LogP contribution in [0.4, 0.5) is 22.0 Å². The summed E-state index contributed by atoms with van der Waals surface area (Å²) in [7, 11) is 2.43. The third-order valence-electron chi connectivity index (χ3n) is 4.56. The number of methoxy groups -OCH3 is 1. The van der Waals surface area contributed by atoms with E-state index in [2.05, 4.69) is 10.3 Å². The number of ether oxygens (including phenoxy) is 1. The molecule has 0 radical (unpaired) electrons. The molecule has 6 nitrogen and oxygen atoms in total. The molecule has 0 bridgehead atoms. The smallest absolute Gasteiger partial charge is 0.393 e. The molecule has 0 aliphatic heterocycles. The first kappa shape index (κ1) is 25.8. The molecule has 0 spiro atoms. The van der Waals surface area contributed by atoms with Gasteiger partial charge in [-0.1, -0.05) is 28.5 Å². The Labute approximate surface area is 186 Å². The van der Waals surface area contributed by atoms with Gasteiger partial charge in [-0.15, -0.1) is 0 Å². The first-order valence-corrected chi connectivity index (χ1v) is 9.48. The summed E-state index contributed by atoms with van der Waals surface area (Å²) in [5.41, 5.74) is 0.561. The molecule has 0 amide bonds. The number of alkyl halides is 3. The van der Waals surface area contributed by atoms with E-state index < -0.39 is 35.8 Å². The summed E-state index contributed by atoms with van der Waals surface area (Å²) in [5.74, 6) is -3.48. The van der Waals surface area contributed by atoms with Crippen LogP contribution in [0.5, 0.6) is 0 Å². The maximum absolute atomic E-state index is 13.7. The Morgan fingerprint density at radius 3 is 2.30 bits per heavy atom. The third kappa shape index (κ3) is 6.74. The van der Waals surface area contributed by atoms with Crippen molar-refractivity contribution in [2.24, 2.45) is 10.3 Å². The van der Waals surface area contributed by atoms with Crippen molar-refractivity contribution >= 4 is 17.4 Å². The van der Waals surface area contributed by atoms with E-state index in [9.17, 15) is 26.7 Å². The second-order valence-corrected chi connectivity index (χ2v) is 6.88. The van der Waals surface area contributed by atoms with Crippen molar-refractivity contribution in [3.05, 3.63) is 69.8 Å². The largest absolute Gasteiger partial charge is 0.464 e. The monoisotopic (exact) mass is 472 g/mol. The van der Waals surface area contributed by atoms with Crippen LogP contribution in [0.2, 0.25) is 0 Å². The Morgan fingerprint density at radius 2 is 1.70 bits per heavy atom. The molecule has 0 saturated heterocycles. The summed E-state index contributed by atoms with van der Waals surface area (Å²) in [6.45, 7) is 2.83. The molecule has 0 saturated carbocycles. The average molecular weight is 472 g/mol. The number of carbonyl (C=O) groups excluding carboxylic acids is 1. The molecule has 0 unspecified atom stereocenters. The summed E-state index contributed by atoms with van der Waals surface area (Å²) in [6.07, 6.45) is -6.11. The molecule has 0 heterocycles. The number of hydrogen-bond donors (Lipinski definition) is 0. The van der Waals surface area contributed by atoms with Crippen LogP contribution in [0.1, 0.15) is 34.7 Å². The summed E-state index contributed by atoms with van der Waals surface area (Å²) in [5, 5.41) is 7.46. The normalized spacial score (nSPS) is 12.5. The highest BCUT2D eigenvalue weighted by Gasteiger charge is 2.30. The third-order valence-corrected chi connectivity index (χ3v) is 4.56. The van der Waals surface area contributed by atoms with Crippen LogP contribution in [-0.2, 0) is 32.2 Å². The van der Waals surface area contributed by atoms with E-state index in [1.54, 1.807) is 25.1 Å². The molecule has 2 aromatic rings. The fourth-order valence-electron chi connectivity index (χ4n) is 3.03. The number of nitrogens with zero attached hydrogens (tertiary/aromatic N) is 2. The number of carbonyl (C=O) groups is 1. The van der Waals surface area contributed by atoms with Gasteiger partial charge in [-0.05, 0) is 37.1 Å². The number of oxime groups is 2. The van der Waals surface area contributed by atoms with Crippen LogP contribution >= 0.6 is 0 Å². The molecule has 11 heteroatoms. The van der Waals surface area contributed by atoms with E-state index in [4.69, 9.17) is 14.4 Å². The minimum atomic E-state index is -4.64. The highest BCUT2D eigenvalue weighted by Crippen LogP contribution is 2.26. The highest BCUT2D eigenvalue weighted by atomic mass is 19.4. The second kappa shape index (κ2) is 10.9. The summed E-state index contributed by atoms with van der Waals surface area (Å²) in [4.78, 5) is 22.1. The van der Waals surface area contributed by atoms with Crippen molar-refractivity contribution in [1.29, 1.82) is 0 Å². The van der Waals surface area contributed by atoms with E-state index in [1.807, 2.05) is 0 Å². The Balaban J connectivity index is 2.37. The zero-order valence-corrected chi connectivity index (χ0v) is 18.2. The lowest BCUT2D eigenvalue weighted by Gasteiger charge is -2.14. The number of aryl methyl sites for hydroxylation is 1. The zero-order chi connectivity index (χ0) is 24.8. The van der Waals surface area contributed by atoms with Crippen molar-refractivity contribution < 1.29 is 41.2 Å². The molecule has 0 fully saturated rings. The van der Waals surface area contributed by atoms with Crippen molar-refractivity contribution in [2.45, 2.75) is 33.1 Å². The number of rotatable bonds is 8. The van der Waals surface area contributed by atoms with Crippen LogP contribution in [0.15, 0.2) is 40.6 Å². The van der Waals surface area contributed by atoms with Crippen molar-refractivity contribution in [3.63, 3.8) is 0 Å². The van der Waals surface area contributed by atoms with Crippen LogP contribution in [-0.4, -0.2) is 37.8 Å². The number of hydrogen-bond acceptors (Lipinski definition) is 6. The average Bonchev–Trinajstić information content (AvgIpc) is 2.74. The summed E-state index contributed by atoms with van der Waals surface area (Å²) >= 11 is 0. The molecular formula is C22H21F5N2O4. The van der Waals surface area contributed by atoms with Crippen LogP contribution in [0, 0.1) is 18.6 Å². The van der Waals surface area contributed by atoms with Gasteiger partial charge in [-0.25, -0.2) is 13.6 Å². The van der Waals surface area contributed by atoms with E-state index >= 15 is 0 Å². The summed E-state index contributed by atoms with van der Waals surface area (Å²) < 4.78 is 70.5. The van der Waals surface area contributed by atoms with Gasteiger partial charge in [0.15, 0.2) is 17.3 Å². The first-order valence-electron chi connectivity index (χ1n) is 9.48. The maximum Gasteiger partial charge on any atom is 0.393 e. The van der Waals surface area contributed by atoms with Crippen molar-refractivity contribution in [1.82, 2.24) is 0 Å². The van der Waals surface area contributed by atoms with Crippen LogP contribution in [0.3, 0.4) is 0 Å². The van der Waals surface area contributed by atoms with Gasteiger partial charge < -0.3 is 14.4 Å². The maximum atomic E-state index is 13.7. The van der Waals surface area contributed by atoms with E-state index in [1.165, 1.54) is 21.1 Å². The lowest BCUT2D eigenvalue weighted by atomic mass is 9.99. The van der Waals surface area contributed by atoms with Gasteiger partial charge in [-0.3, -0.25) is 0 Å². The SMILES string of the molecule is CO/N=C(/C(=O)OC)c1cccc(C)c1CO/N=C(\C)c1cc(F)c(F)cc1CC(F)(F)F. The predicted molar refractivity (Wildman–Crippen MR) is 110 cm³/mol. The molecule has 0 aromatic heterocycles. The molecule has 0 aliphatic carbocycles. The Kier molecular flexibility index (Phi) is 8.50. The van der Waals surface area contributed by atoms with Crippen molar-refractivity contribution in [3.8, 4) is 0 Å². The number of esters is 1. The Hall–Kier alpha value is -3.50. The predicted octanol–water partition coefficient (Wildman–Crippen LogP) is 4.84. The van der Waals surface area contributed by atoms with Gasteiger partial charge in [0.2, 0.25) is 0 Å². The fourth-order valence-corrected chi connectivity index (χ4v) is 3.03. The van der Waals surface area contributed by atoms with E-state index in [0.29, 0.717) is 28.8 Å².